The van der Waals surface area contributed by atoms with E-state index < -0.39 is 0 Å². The van der Waals surface area contributed by atoms with Gasteiger partial charge in [0, 0.05) is 6.04 Å². The molecule has 2 rings (SSSR count). The van der Waals surface area contributed by atoms with Crippen molar-refractivity contribution < 1.29 is 4.39 Å². The number of rotatable bonds is 1. The van der Waals surface area contributed by atoms with Crippen LogP contribution >= 0.6 is 12.4 Å². The fourth-order valence-electron chi connectivity index (χ4n) is 1.70. The number of halogens is 2. The normalized spacial score (nSPS) is 21.4. The summed E-state index contributed by atoms with van der Waals surface area (Å²) in [5.74, 6) is -0.264. The van der Waals surface area contributed by atoms with Crippen molar-refractivity contribution in [2.75, 3.05) is 6.54 Å². The number of nitrogens with one attached hydrogen (secondary N) is 1. The molecule has 14 heavy (non-hydrogen) atoms. The summed E-state index contributed by atoms with van der Waals surface area (Å²) >= 11 is 0. The molecule has 2 heterocycles. The second-order valence-electron chi connectivity index (χ2n) is 3.40. The number of pyridine rings is 1. The SMILES string of the molecule is Cl.Fc1ccc(C2CCCCN2)nc1. The van der Waals surface area contributed by atoms with Crippen molar-refractivity contribution in [1.29, 1.82) is 0 Å². The molecule has 1 aromatic rings. The molecule has 1 N–H and O–H groups in total. The maximum absolute atomic E-state index is 12.6. The summed E-state index contributed by atoms with van der Waals surface area (Å²) in [6.07, 6.45) is 4.86. The van der Waals surface area contributed by atoms with Crippen molar-refractivity contribution >= 4 is 12.4 Å². The molecular weight excluding hydrogens is 203 g/mol. The second-order valence-corrected chi connectivity index (χ2v) is 3.40. The Morgan fingerprint density at radius 3 is 2.79 bits per heavy atom. The Morgan fingerprint density at radius 2 is 2.21 bits per heavy atom. The highest BCUT2D eigenvalue weighted by Crippen LogP contribution is 2.20. The van der Waals surface area contributed by atoms with E-state index in [0.29, 0.717) is 6.04 Å². The minimum atomic E-state index is -0.264. The first-order valence-electron chi connectivity index (χ1n) is 4.71. The lowest BCUT2D eigenvalue weighted by Crippen LogP contribution is -2.27. The summed E-state index contributed by atoms with van der Waals surface area (Å²) in [5.41, 5.74) is 0.959. The zero-order chi connectivity index (χ0) is 9.10. The third-order valence-corrected chi connectivity index (χ3v) is 2.42. The highest BCUT2D eigenvalue weighted by atomic mass is 35.5. The molecule has 1 aromatic heterocycles. The van der Waals surface area contributed by atoms with Crippen LogP contribution in [-0.2, 0) is 0 Å². The van der Waals surface area contributed by atoms with Crippen LogP contribution in [0.2, 0.25) is 0 Å². The minimum Gasteiger partial charge on any atom is -0.309 e. The fourth-order valence-corrected chi connectivity index (χ4v) is 1.70. The van der Waals surface area contributed by atoms with E-state index in [9.17, 15) is 4.39 Å². The van der Waals surface area contributed by atoms with Gasteiger partial charge in [0.25, 0.3) is 0 Å². The van der Waals surface area contributed by atoms with Gasteiger partial charge in [0.2, 0.25) is 0 Å². The van der Waals surface area contributed by atoms with Crippen molar-refractivity contribution in [1.82, 2.24) is 10.3 Å². The van der Waals surface area contributed by atoms with Crippen LogP contribution in [0, 0.1) is 5.82 Å². The molecule has 1 unspecified atom stereocenters. The maximum atomic E-state index is 12.6. The van der Waals surface area contributed by atoms with Gasteiger partial charge in [-0.2, -0.15) is 0 Å². The number of aromatic nitrogens is 1. The topological polar surface area (TPSA) is 24.9 Å². The lowest BCUT2D eigenvalue weighted by atomic mass is 10.0. The number of hydrogen-bond acceptors (Lipinski definition) is 2. The molecule has 0 saturated carbocycles. The van der Waals surface area contributed by atoms with Gasteiger partial charge in [0.05, 0.1) is 11.9 Å². The van der Waals surface area contributed by atoms with E-state index in [2.05, 4.69) is 10.3 Å². The monoisotopic (exact) mass is 216 g/mol. The van der Waals surface area contributed by atoms with Crippen LogP contribution in [0.1, 0.15) is 31.0 Å². The molecule has 0 bridgehead atoms. The van der Waals surface area contributed by atoms with Crippen LogP contribution in [0.15, 0.2) is 18.3 Å². The minimum absolute atomic E-state index is 0. The van der Waals surface area contributed by atoms with Gasteiger partial charge in [-0.25, -0.2) is 4.39 Å². The van der Waals surface area contributed by atoms with Gasteiger partial charge in [0.15, 0.2) is 0 Å². The van der Waals surface area contributed by atoms with E-state index in [0.717, 1.165) is 18.7 Å². The van der Waals surface area contributed by atoms with E-state index in [1.54, 1.807) is 6.07 Å². The Balaban J connectivity index is 0.000000980. The maximum Gasteiger partial charge on any atom is 0.141 e. The van der Waals surface area contributed by atoms with E-state index >= 15 is 0 Å². The van der Waals surface area contributed by atoms with Crippen LogP contribution in [0.25, 0.3) is 0 Å². The zero-order valence-corrected chi connectivity index (χ0v) is 8.69. The largest absolute Gasteiger partial charge is 0.309 e. The molecule has 78 valence electrons. The van der Waals surface area contributed by atoms with E-state index in [1.165, 1.54) is 25.1 Å². The molecule has 0 amide bonds. The molecular formula is C10H14ClFN2. The fraction of sp³-hybridized carbons (Fsp3) is 0.500. The highest BCUT2D eigenvalue weighted by Gasteiger charge is 2.15. The van der Waals surface area contributed by atoms with Crippen molar-refractivity contribution in [2.45, 2.75) is 25.3 Å². The second kappa shape index (κ2) is 5.27. The summed E-state index contributed by atoms with van der Waals surface area (Å²) in [6.45, 7) is 1.05. The molecule has 1 aliphatic heterocycles. The van der Waals surface area contributed by atoms with Crippen molar-refractivity contribution in [3.8, 4) is 0 Å². The zero-order valence-electron chi connectivity index (χ0n) is 7.87. The average molecular weight is 217 g/mol. The lowest BCUT2D eigenvalue weighted by molar-refractivity contribution is 0.404. The van der Waals surface area contributed by atoms with E-state index in [1.807, 2.05) is 0 Å². The highest BCUT2D eigenvalue weighted by molar-refractivity contribution is 5.85. The first kappa shape index (κ1) is 11.4. The smallest absolute Gasteiger partial charge is 0.141 e. The molecule has 0 spiro atoms. The van der Waals surface area contributed by atoms with Crippen LogP contribution in [0.5, 0.6) is 0 Å². The molecule has 1 saturated heterocycles. The van der Waals surface area contributed by atoms with Crippen LogP contribution in [0.3, 0.4) is 0 Å². The van der Waals surface area contributed by atoms with Crippen LogP contribution < -0.4 is 5.32 Å². The Kier molecular flexibility index (Phi) is 4.29. The number of hydrogen-bond donors (Lipinski definition) is 1. The lowest BCUT2D eigenvalue weighted by Gasteiger charge is -2.22. The molecule has 2 nitrogen and oxygen atoms in total. The van der Waals surface area contributed by atoms with Crippen molar-refractivity contribution in [3.05, 3.63) is 29.8 Å². The van der Waals surface area contributed by atoms with Gasteiger partial charge in [-0.15, -0.1) is 12.4 Å². The van der Waals surface area contributed by atoms with Crippen LogP contribution in [-0.4, -0.2) is 11.5 Å². The Hall–Kier alpha value is -0.670. The molecule has 0 aromatic carbocycles. The average Bonchev–Trinajstić information content (AvgIpc) is 2.20. The predicted molar refractivity (Wildman–Crippen MR) is 56.0 cm³/mol. The third-order valence-electron chi connectivity index (χ3n) is 2.42. The van der Waals surface area contributed by atoms with Crippen LogP contribution in [0.4, 0.5) is 4.39 Å². The predicted octanol–water partition coefficient (Wildman–Crippen LogP) is 2.46. The quantitative estimate of drug-likeness (QED) is 0.780. The molecule has 0 aliphatic carbocycles. The summed E-state index contributed by atoms with van der Waals surface area (Å²) in [7, 11) is 0. The Morgan fingerprint density at radius 1 is 1.36 bits per heavy atom. The van der Waals surface area contributed by atoms with Crippen molar-refractivity contribution in [2.24, 2.45) is 0 Å². The summed E-state index contributed by atoms with van der Waals surface area (Å²) in [5, 5.41) is 3.37. The Bertz CT molecular complexity index is 270. The summed E-state index contributed by atoms with van der Waals surface area (Å²) < 4.78 is 12.6. The van der Waals surface area contributed by atoms with E-state index in [-0.39, 0.29) is 18.2 Å². The molecule has 1 aliphatic rings. The van der Waals surface area contributed by atoms with Gasteiger partial charge in [-0.3, -0.25) is 4.98 Å². The van der Waals surface area contributed by atoms with Gasteiger partial charge in [-0.1, -0.05) is 6.42 Å². The van der Waals surface area contributed by atoms with Gasteiger partial charge >= 0.3 is 0 Å². The van der Waals surface area contributed by atoms with Crippen molar-refractivity contribution in [3.63, 3.8) is 0 Å². The molecule has 4 heteroatoms. The summed E-state index contributed by atoms with van der Waals surface area (Å²) in [4.78, 5) is 4.06. The first-order chi connectivity index (χ1) is 6.36. The first-order valence-corrected chi connectivity index (χ1v) is 4.71. The van der Waals surface area contributed by atoms with Gasteiger partial charge < -0.3 is 5.32 Å². The number of piperidine rings is 1. The van der Waals surface area contributed by atoms with E-state index in [4.69, 9.17) is 0 Å². The van der Waals surface area contributed by atoms with Gasteiger partial charge in [-0.05, 0) is 31.5 Å². The van der Waals surface area contributed by atoms with Gasteiger partial charge in [0.1, 0.15) is 5.82 Å². The number of nitrogens with zero attached hydrogens (tertiary/aromatic N) is 1. The summed E-state index contributed by atoms with van der Waals surface area (Å²) in [6, 6.07) is 3.56. The standard InChI is InChI=1S/C10H13FN2.ClH/c11-8-4-5-10(13-7-8)9-3-1-2-6-12-9;/h4-5,7,9,12H,1-3,6H2;1H. The third kappa shape index (κ3) is 2.66. The Labute approximate surface area is 89.3 Å². The molecule has 0 radical (unpaired) electrons. The molecule has 1 atom stereocenters. The molecule has 1 fully saturated rings.